The third kappa shape index (κ3) is 2.76. The van der Waals surface area contributed by atoms with Crippen molar-refractivity contribution >= 4 is 5.95 Å². The van der Waals surface area contributed by atoms with Crippen LogP contribution in [0, 0.1) is 0 Å². The van der Waals surface area contributed by atoms with Gasteiger partial charge in [-0.05, 0) is 36.4 Å². The number of β-amino-alcohol motifs (C(OH)–C–C–N with tert-alkyl or cyclic N) is 1. The maximum atomic E-state index is 11.1. The minimum absolute atomic E-state index is 0.202. The highest BCUT2D eigenvalue weighted by atomic mass is 16.3. The van der Waals surface area contributed by atoms with Gasteiger partial charge in [0.25, 0.3) is 0 Å². The zero-order valence-electron chi connectivity index (χ0n) is 14.2. The van der Waals surface area contributed by atoms with Crippen molar-refractivity contribution in [1.82, 2.24) is 35.2 Å². The topological polar surface area (TPSA) is 97.8 Å². The minimum Gasteiger partial charge on any atom is -0.381 e. The first-order valence-corrected chi connectivity index (χ1v) is 8.30. The van der Waals surface area contributed by atoms with Crippen LogP contribution in [-0.2, 0) is 5.60 Å². The summed E-state index contributed by atoms with van der Waals surface area (Å²) in [5, 5.41) is 31.3. The highest BCUT2D eigenvalue weighted by Gasteiger charge is 2.42. The molecule has 1 fully saturated rings. The van der Waals surface area contributed by atoms with E-state index >= 15 is 0 Å². The third-order valence-corrected chi connectivity index (χ3v) is 4.50. The molecule has 1 saturated heterocycles. The van der Waals surface area contributed by atoms with Crippen molar-refractivity contribution in [3.05, 3.63) is 42.2 Å². The molecular weight excluding hydrogens is 320 g/mol. The summed E-state index contributed by atoms with van der Waals surface area (Å²) in [6, 6.07) is 9.90. The van der Waals surface area contributed by atoms with E-state index in [4.69, 9.17) is 0 Å². The van der Waals surface area contributed by atoms with Gasteiger partial charge in [0.2, 0.25) is 5.95 Å². The zero-order valence-corrected chi connectivity index (χ0v) is 14.2. The first-order valence-electron chi connectivity index (χ1n) is 8.30. The predicted octanol–water partition coefficient (Wildman–Crippen LogP) is 0.933. The summed E-state index contributed by atoms with van der Waals surface area (Å²) < 4.78 is 3.43. The van der Waals surface area contributed by atoms with E-state index in [2.05, 4.69) is 25.8 Å². The quantitative estimate of drug-likeness (QED) is 0.754. The molecule has 1 N–H and O–H groups in total. The Morgan fingerprint density at radius 2 is 1.92 bits per heavy atom. The Hall–Kier alpha value is -2.81. The van der Waals surface area contributed by atoms with Gasteiger partial charge in [-0.1, -0.05) is 28.5 Å². The number of nitrogens with zero attached hydrogens (tertiary/aromatic N) is 8. The lowest BCUT2D eigenvalue weighted by atomic mass is 10.00. The van der Waals surface area contributed by atoms with Crippen LogP contribution in [0.25, 0.3) is 5.69 Å². The van der Waals surface area contributed by atoms with Crippen molar-refractivity contribution in [3.8, 4) is 5.69 Å². The van der Waals surface area contributed by atoms with Crippen molar-refractivity contribution < 1.29 is 5.11 Å². The Balaban J connectivity index is 1.60. The highest BCUT2D eigenvalue weighted by molar-refractivity contribution is 5.42. The first-order chi connectivity index (χ1) is 12.1. The molecule has 0 spiro atoms. The second-order valence-corrected chi connectivity index (χ2v) is 6.61. The van der Waals surface area contributed by atoms with Crippen LogP contribution in [-0.4, -0.2) is 53.4 Å². The fourth-order valence-electron chi connectivity index (χ4n) is 3.03. The number of hydrogen-bond acceptors (Lipinski definition) is 7. The molecule has 1 aliphatic rings. The lowest BCUT2D eigenvalue weighted by molar-refractivity contribution is 0.0558. The van der Waals surface area contributed by atoms with Crippen LogP contribution in [0.4, 0.5) is 5.95 Å². The van der Waals surface area contributed by atoms with Gasteiger partial charge in [-0.2, -0.15) is 4.68 Å². The number of anilines is 1. The molecule has 0 saturated carbocycles. The number of para-hydroxylation sites is 1. The summed E-state index contributed by atoms with van der Waals surface area (Å²) in [5.41, 5.74) is 0.409. The van der Waals surface area contributed by atoms with E-state index < -0.39 is 5.60 Å². The van der Waals surface area contributed by atoms with Crippen LogP contribution in [0.5, 0.6) is 0 Å². The summed E-state index contributed by atoms with van der Waals surface area (Å²) >= 11 is 0. The minimum atomic E-state index is -1.05. The number of aliphatic hydroxyl groups is 1. The van der Waals surface area contributed by atoms with Gasteiger partial charge in [-0.15, -0.1) is 5.10 Å². The van der Waals surface area contributed by atoms with Crippen molar-refractivity contribution in [2.24, 2.45) is 0 Å². The molecule has 3 aromatic rings. The molecule has 1 atom stereocenters. The molecule has 0 amide bonds. The molecule has 130 valence electrons. The van der Waals surface area contributed by atoms with Gasteiger partial charge in [-0.3, -0.25) is 0 Å². The van der Waals surface area contributed by atoms with Gasteiger partial charge in [0.15, 0.2) is 0 Å². The molecule has 4 rings (SSSR count). The summed E-state index contributed by atoms with van der Waals surface area (Å²) in [6.45, 7) is 5.06. The van der Waals surface area contributed by atoms with Crippen LogP contribution in [0.3, 0.4) is 0 Å². The summed E-state index contributed by atoms with van der Waals surface area (Å²) in [5.74, 6) is 0.610. The SMILES string of the molecule is CC(C)n1cc([C@]2(O)CCN(c3nnnn3-c3ccccc3)C2)nn1. The van der Waals surface area contributed by atoms with E-state index in [0.29, 0.717) is 31.2 Å². The highest BCUT2D eigenvalue weighted by Crippen LogP contribution is 2.33. The Kier molecular flexibility index (Phi) is 3.72. The number of aromatic nitrogens is 7. The molecule has 0 unspecified atom stereocenters. The summed E-state index contributed by atoms with van der Waals surface area (Å²) in [6.07, 6.45) is 2.36. The van der Waals surface area contributed by atoms with Gasteiger partial charge in [0.1, 0.15) is 11.3 Å². The molecule has 25 heavy (non-hydrogen) atoms. The molecule has 0 aliphatic carbocycles. The van der Waals surface area contributed by atoms with Crippen molar-refractivity contribution in [2.45, 2.75) is 31.9 Å². The predicted molar refractivity (Wildman–Crippen MR) is 90.3 cm³/mol. The van der Waals surface area contributed by atoms with Crippen LogP contribution >= 0.6 is 0 Å². The van der Waals surface area contributed by atoms with E-state index in [-0.39, 0.29) is 6.04 Å². The van der Waals surface area contributed by atoms with E-state index in [1.165, 1.54) is 0 Å². The average molecular weight is 340 g/mol. The maximum Gasteiger partial charge on any atom is 0.250 e. The second-order valence-electron chi connectivity index (χ2n) is 6.61. The monoisotopic (exact) mass is 340 g/mol. The average Bonchev–Trinajstić information content (AvgIpc) is 3.35. The van der Waals surface area contributed by atoms with Gasteiger partial charge >= 0.3 is 0 Å². The molecule has 1 aliphatic heterocycles. The molecule has 9 heteroatoms. The van der Waals surface area contributed by atoms with Crippen LogP contribution in [0.15, 0.2) is 36.5 Å². The summed E-state index contributed by atoms with van der Waals surface area (Å²) in [4.78, 5) is 1.97. The van der Waals surface area contributed by atoms with Crippen molar-refractivity contribution in [1.29, 1.82) is 0 Å². The molecule has 3 heterocycles. The zero-order chi connectivity index (χ0) is 17.4. The van der Waals surface area contributed by atoms with Crippen LogP contribution in [0.1, 0.15) is 32.0 Å². The lowest BCUT2D eigenvalue weighted by Crippen LogP contribution is -2.32. The summed E-state index contributed by atoms with van der Waals surface area (Å²) in [7, 11) is 0. The van der Waals surface area contributed by atoms with E-state index in [9.17, 15) is 5.11 Å². The van der Waals surface area contributed by atoms with Gasteiger partial charge in [0.05, 0.1) is 18.4 Å². The Morgan fingerprint density at radius 1 is 1.12 bits per heavy atom. The number of tetrazole rings is 1. The Labute approximate surface area is 144 Å². The van der Waals surface area contributed by atoms with E-state index in [1.807, 2.05) is 55.3 Å². The molecule has 9 nitrogen and oxygen atoms in total. The fourth-order valence-corrected chi connectivity index (χ4v) is 3.03. The second kappa shape index (κ2) is 5.92. The molecule has 0 radical (unpaired) electrons. The lowest BCUT2D eigenvalue weighted by Gasteiger charge is -2.21. The standard InChI is InChI=1S/C16H20N8O/c1-12(2)23-10-14(17-20-23)16(25)8-9-22(11-16)15-18-19-21-24(15)13-6-4-3-5-7-13/h3-7,10,12,25H,8-9,11H2,1-2H3/t16-/m0/s1. The van der Waals surface area contributed by atoms with Crippen LogP contribution < -0.4 is 4.90 Å². The van der Waals surface area contributed by atoms with Gasteiger partial charge in [0, 0.05) is 19.0 Å². The van der Waals surface area contributed by atoms with Gasteiger partial charge < -0.3 is 10.0 Å². The van der Waals surface area contributed by atoms with E-state index in [1.54, 1.807) is 9.36 Å². The van der Waals surface area contributed by atoms with Crippen molar-refractivity contribution in [2.75, 3.05) is 18.0 Å². The molecular formula is C16H20N8O. The molecule has 1 aromatic carbocycles. The normalized spacial score (nSPS) is 20.6. The maximum absolute atomic E-state index is 11.1. The molecule has 2 aromatic heterocycles. The fraction of sp³-hybridized carbons (Fsp3) is 0.438. The smallest absolute Gasteiger partial charge is 0.250 e. The largest absolute Gasteiger partial charge is 0.381 e. The molecule has 0 bridgehead atoms. The van der Waals surface area contributed by atoms with Gasteiger partial charge in [-0.25, -0.2) is 4.68 Å². The number of hydrogen-bond donors (Lipinski definition) is 1. The Bertz CT molecular complexity index is 858. The Morgan fingerprint density at radius 3 is 2.64 bits per heavy atom. The van der Waals surface area contributed by atoms with Crippen molar-refractivity contribution in [3.63, 3.8) is 0 Å². The number of rotatable bonds is 4. The third-order valence-electron chi connectivity index (χ3n) is 4.50. The number of benzene rings is 1. The first kappa shape index (κ1) is 15.7. The van der Waals surface area contributed by atoms with E-state index in [0.717, 1.165) is 5.69 Å². The van der Waals surface area contributed by atoms with Crippen LogP contribution in [0.2, 0.25) is 0 Å².